The van der Waals surface area contributed by atoms with E-state index >= 15 is 0 Å². The number of amides is 2. The second kappa shape index (κ2) is 5.33. The lowest BCUT2D eigenvalue weighted by atomic mass is 10.2. The molecule has 0 aliphatic carbocycles. The van der Waals surface area contributed by atoms with E-state index in [1.165, 1.54) is 6.20 Å². The Morgan fingerprint density at radius 2 is 2.11 bits per heavy atom. The topological polar surface area (TPSA) is 78.9 Å². The number of hydrogen-bond donors (Lipinski definition) is 2. The normalized spacial score (nSPS) is 18.4. The molecule has 1 aromatic rings. The molecular weight excluding hydrogens is 236 g/mol. The van der Waals surface area contributed by atoms with E-state index in [4.69, 9.17) is 4.74 Å². The maximum Gasteiger partial charge on any atom is 0.417 e. The van der Waals surface area contributed by atoms with Crippen LogP contribution in [0.1, 0.15) is 5.56 Å². The molecule has 1 aliphatic heterocycles. The van der Waals surface area contributed by atoms with Gasteiger partial charge in [-0.1, -0.05) is 30.3 Å². The molecule has 2 N–H and O–H groups in total. The van der Waals surface area contributed by atoms with Gasteiger partial charge in [0.25, 0.3) is 0 Å². The van der Waals surface area contributed by atoms with Crippen LogP contribution >= 0.6 is 0 Å². The van der Waals surface area contributed by atoms with Crippen molar-refractivity contribution < 1.29 is 19.4 Å². The van der Waals surface area contributed by atoms with Crippen LogP contribution < -0.4 is 5.32 Å². The van der Waals surface area contributed by atoms with Crippen LogP contribution in [0.4, 0.5) is 4.79 Å². The molecule has 0 saturated heterocycles. The molecule has 94 valence electrons. The van der Waals surface area contributed by atoms with Gasteiger partial charge in [0.05, 0.1) is 0 Å². The van der Waals surface area contributed by atoms with Gasteiger partial charge >= 0.3 is 6.09 Å². The van der Waals surface area contributed by atoms with Gasteiger partial charge in [-0.2, -0.15) is 0 Å². The largest absolute Gasteiger partial charge is 0.444 e. The number of carbonyl (C=O) groups excluding carboxylic acids is 2. The zero-order valence-corrected chi connectivity index (χ0v) is 9.45. The molecular formula is C12H12N2O4. The van der Waals surface area contributed by atoms with Gasteiger partial charge < -0.3 is 15.2 Å². The van der Waals surface area contributed by atoms with E-state index in [0.717, 1.165) is 16.5 Å². The highest BCUT2D eigenvalue weighted by atomic mass is 16.6. The number of benzene rings is 1. The summed E-state index contributed by atoms with van der Waals surface area (Å²) in [6, 6.07) is 9.16. The van der Waals surface area contributed by atoms with Crippen molar-refractivity contribution in [1.29, 1.82) is 0 Å². The standard InChI is InChI=1S/C12H12N2O4/c15-10-6-7-14(11(16)13-10)12(17)18-8-9-4-2-1-3-5-9/h1-7,11,16H,8H2,(H,13,15). The summed E-state index contributed by atoms with van der Waals surface area (Å²) >= 11 is 0. The fourth-order valence-corrected chi connectivity index (χ4v) is 1.43. The van der Waals surface area contributed by atoms with Crippen molar-refractivity contribution in [1.82, 2.24) is 10.2 Å². The molecule has 1 aromatic carbocycles. The Hall–Kier alpha value is -2.34. The molecule has 0 fully saturated rings. The Bertz CT molecular complexity index is 472. The second-order valence-corrected chi connectivity index (χ2v) is 3.65. The summed E-state index contributed by atoms with van der Waals surface area (Å²) in [5.41, 5.74) is 0.838. The molecule has 0 saturated carbocycles. The molecule has 6 heteroatoms. The Morgan fingerprint density at radius 3 is 2.78 bits per heavy atom. The average molecular weight is 248 g/mol. The number of aliphatic hydroxyl groups is 1. The average Bonchev–Trinajstić information content (AvgIpc) is 2.37. The highest BCUT2D eigenvalue weighted by molar-refractivity contribution is 5.89. The number of rotatable bonds is 2. The van der Waals surface area contributed by atoms with Crippen LogP contribution in [0.25, 0.3) is 0 Å². The summed E-state index contributed by atoms with van der Waals surface area (Å²) in [6.45, 7) is 0.102. The lowest BCUT2D eigenvalue weighted by Gasteiger charge is -2.26. The summed E-state index contributed by atoms with van der Waals surface area (Å²) in [7, 11) is 0. The summed E-state index contributed by atoms with van der Waals surface area (Å²) < 4.78 is 5.00. The highest BCUT2D eigenvalue weighted by Crippen LogP contribution is 2.07. The summed E-state index contributed by atoms with van der Waals surface area (Å²) in [5.74, 6) is -0.463. The molecule has 1 heterocycles. The van der Waals surface area contributed by atoms with E-state index in [2.05, 4.69) is 5.32 Å². The van der Waals surface area contributed by atoms with E-state index in [9.17, 15) is 14.7 Å². The van der Waals surface area contributed by atoms with Gasteiger partial charge in [-0.25, -0.2) is 9.69 Å². The van der Waals surface area contributed by atoms with Crippen molar-refractivity contribution in [3.8, 4) is 0 Å². The molecule has 0 spiro atoms. The molecule has 6 nitrogen and oxygen atoms in total. The molecule has 0 bridgehead atoms. The van der Waals surface area contributed by atoms with E-state index in [1.807, 2.05) is 30.3 Å². The Labute approximate surface area is 103 Å². The second-order valence-electron chi connectivity index (χ2n) is 3.65. The first-order chi connectivity index (χ1) is 8.66. The lowest BCUT2D eigenvalue weighted by molar-refractivity contribution is -0.123. The number of nitrogens with one attached hydrogen (secondary N) is 1. The summed E-state index contributed by atoms with van der Waals surface area (Å²) in [6.07, 6.45) is 0.182. The first-order valence-electron chi connectivity index (χ1n) is 5.32. The van der Waals surface area contributed by atoms with Crippen LogP contribution in [0, 0.1) is 0 Å². The number of carbonyl (C=O) groups is 2. The van der Waals surface area contributed by atoms with Crippen molar-refractivity contribution in [3.05, 3.63) is 48.2 Å². The van der Waals surface area contributed by atoms with Gasteiger partial charge in [0.15, 0.2) is 0 Å². The minimum Gasteiger partial charge on any atom is -0.444 e. The van der Waals surface area contributed by atoms with E-state index in [-0.39, 0.29) is 6.61 Å². The van der Waals surface area contributed by atoms with Gasteiger partial charge in [0.2, 0.25) is 12.3 Å². The minimum absolute atomic E-state index is 0.102. The van der Waals surface area contributed by atoms with E-state index in [0.29, 0.717) is 0 Å². The third kappa shape index (κ3) is 2.86. The Kier molecular flexibility index (Phi) is 3.59. The van der Waals surface area contributed by atoms with Crippen molar-refractivity contribution in [2.45, 2.75) is 13.0 Å². The maximum atomic E-state index is 11.6. The molecule has 1 unspecified atom stereocenters. The Balaban J connectivity index is 1.92. The zero-order valence-electron chi connectivity index (χ0n) is 9.45. The molecule has 2 amide bonds. The van der Waals surface area contributed by atoms with Crippen LogP contribution in [-0.2, 0) is 16.1 Å². The van der Waals surface area contributed by atoms with Crippen molar-refractivity contribution in [3.63, 3.8) is 0 Å². The number of ether oxygens (including phenoxy) is 1. The molecule has 0 radical (unpaired) electrons. The third-order valence-corrected chi connectivity index (χ3v) is 2.34. The van der Waals surface area contributed by atoms with E-state index < -0.39 is 18.4 Å². The SMILES string of the molecule is O=C1C=CN(C(=O)OCc2ccccc2)C(O)N1. The first kappa shape index (κ1) is 12.1. The van der Waals surface area contributed by atoms with Crippen molar-refractivity contribution in [2.75, 3.05) is 0 Å². The van der Waals surface area contributed by atoms with Crippen LogP contribution in [0.2, 0.25) is 0 Å². The number of nitrogens with zero attached hydrogens (tertiary/aromatic N) is 1. The molecule has 1 atom stereocenters. The van der Waals surface area contributed by atoms with Gasteiger partial charge in [-0.05, 0) is 5.56 Å². The van der Waals surface area contributed by atoms with Gasteiger partial charge in [0, 0.05) is 12.3 Å². The van der Waals surface area contributed by atoms with Gasteiger partial charge in [0.1, 0.15) is 6.61 Å². The number of aliphatic hydroxyl groups excluding tert-OH is 1. The van der Waals surface area contributed by atoms with Crippen molar-refractivity contribution >= 4 is 12.0 Å². The van der Waals surface area contributed by atoms with Gasteiger partial charge in [-0.15, -0.1) is 0 Å². The smallest absolute Gasteiger partial charge is 0.417 e. The Morgan fingerprint density at radius 1 is 1.39 bits per heavy atom. The molecule has 1 aliphatic rings. The third-order valence-electron chi connectivity index (χ3n) is 2.34. The molecule has 0 aromatic heterocycles. The monoisotopic (exact) mass is 248 g/mol. The van der Waals surface area contributed by atoms with Crippen LogP contribution in [0.3, 0.4) is 0 Å². The molecule has 2 rings (SSSR count). The fraction of sp³-hybridized carbons (Fsp3) is 0.167. The van der Waals surface area contributed by atoms with Crippen LogP contribution in [0.5, 0.6) is 0 Å². The van der Waals surface area contributed by atoms with E-state index in [1.54, 1.807) is 0 Å². The highest BCUT2D eigenvalue weighted by Gasteiger charge is 2.25. The first-order valence-corrected chi connectivity index (χ1v) is 5.32. The van der Waals surface area contributed by atoms with Crippen molar-refractivity contribution in [2.24, 2.45) is 0 Å². The molecule has 18 heavy (non-hydrogen) atoms. The predicted molar refractivity (Wildman–Crippen MR) is 61.8 cm³/mol. The maximum absolute atomic E-state index is 11.6. The van der Waals surface area contributed by atoms with Crippen LogP contribution in [-0.4, -0.2) is 28.4 Å². The summed E-state index contributed by atoms with van der Waals surface area (Å²) in [4.78, 5) is 23.4. The summed E-state index contributed by atoms with van der Waals surface area (Å²) in [5, 5.41) is 11.6. The lowest BCUT2D eigenvalue weighted by Crippen LogP contribution is -2.50. The number of hydrogen-bond acceptors (Lipinski definition) is 4. The minimum atomic E-state index is -1.40. The quantitative estimate of drug-likeness (QED) is 0.800. The zero-order chi connectivity index (χ0) is 13.0. The predicted octanol–water partition coefficient (Wildman–Crippen LogP) is 0.545. The van der Waals surface area contributed by atoms with Crippen LogP contribution in [0.15, 0.2) is 42.6 Å². The van der Waals surface area contributed by atoms with Gasteiger partial charge in [-0.3, -0.25) is 4.79 Å². The fourth-order valence-electron chi connectivity index (χ4n) is 1.43.